The van der Waals surface area contributed by atoms with Crippen LogP contribution in [0.15, 0.2) is 30.3 Å². The highest BCUT2D eigenvalue weighted by Crippen LogP contribution is 2.34. The van der Waals surface area contributed by atoms with E-state index in [1.165, 1.54) is 5.56 Å². The summed E-state index contributed by atoms with van der Waals surface area (Å²) >= 11 is 0. The summed E-state index contributed by atoms with van der Waals surface area (Å²) < 4.78 is 0. The number of hydrogen-bond acceptors (Lipinski definition) is 4. The maximum atomic E-state index is 12.0. The second-order valence-corrected chi connectivity index (χ2v) is 5.58. The van der Waals surface area contributed by atoms with Gasteiger partial charge in [-0.25, -0.2) is 4.79 Å². The highest BCUT2D eigenvalue weighted by atomic mass is 16.2. The van der Waals surface area contributed by atoms with Crippen molar-refractivity contribution in [2.24, 2.45) is 5.41 Å². The topological polar surface area (TPSA) is 78.5 Å². The molecule has 0 unspecified atom stereocenters. The molecule has 0 saturated carbocycles. The van der Waals surface area contributed by atoms with Gasteiger partial charge in [-0.15, -0.1) is 0 Å². The van der Waals surface area contributed by atoms with Crippen molar-refractivity contribution in [2.45, 2.75) is 19.4 Å². The monoisotopic (exact) mass is 287 g/mol. The first-order valence-corrected chi connectivity index (χ1v) is 7.03. The number of nitrogens with one attached hydrogen (secondary N) is 2. The maximum absolute atomic E-state index is 12.0. The number of nitrogens with zero attached hydrogens (tertiary/aromatic N) is 1. The molecule has 2 fully saturated rings. The van der Waals surface area contributed by atoms with Gasteiger partial charge in [0.15, 0.2) is 0 Å². The number of amides is 4. The van der Waals surface area contributed by atoms with Gasteiger partial charge in [0.2, 0.25) is 11.8 Å². The molecule has 0 aliphatic carbocycles. The van der Waals surface area contributed by atoms with E-state index in [4.69, 9.17) is 0 Å². The summed E-state index contributed by atoms with van der Waals surface area (Å²) in [6, 6.07) is 9.36. The molecule has 4 amide bonds. The minimum absolute atomic E-state index is 0.435. The Hall–Kier alpha value is -2.21. The zero-order valence-corrected chi connectivity index (χ0v) is 11.6. The fourth-order valence-corrected chi connectivity index (χ4v) is 2.97. The molecular weight excluding hydrogens is 270 g/mol. The summed E-state index contributed by atoms with van der Waals surface area (Å²) in [6.07, 6.45) is 0.871. The van der Waals surface area contributed by atoms with Gasteiger partial charge in [-0.2, -0.15) is 0 Å². The maximum Gasteiger partial charge on any atom is 0.328 e. The lowest BCUT2D eigenvalue weighted by Gasteiger charge is -2.40. The van der Waals surface area contributed by atoms with Crippen molar-refractivity contribution in [2.75, 3.05) is 13.1 Å². The number of carbonyl (C=O) groups excluding carboxylic acids is 3. The number of piperidine rings is 1. The van der Waals surface area contributed by atoms with E-state index in [1.54, 1.807) is 0 Å². The lowest BCUT2D eigenvalue weighted by Crippen LogP contribution is -2.64. The van der Waals surface area contributed by atoms with Gasteiger partial charge in [0.05, 0.1) is 0 Å². The van der Waals surface area contributed by atoms with Crippen LogP contribution in [0.5, 0.6) is 0 Å². The third-order valence-electron chi connectivity index (χ3n) is 4.28. The van der Waals surface area contributed by atoms with Crippen LogP contribution in [0.25, 0.3) is 0 Å². The van der Waals surface area contributed by atoms with Crippen molar-refractivity contribution in [3.05, 3.63) is 35.9 Å². The van der Waals surface area contributed by atoms with Crippen molar-refractivity contribution in [1.29, 1.82) is 0 Å². The van der Waals surface area contributed by atoms with Crippen LogP contribution in [-0.2, 0) is 16.1 Å². The molecule has 2 N–H and O–H groups in total. The minimum atomic E-state index is -1.08. The first kappa shape index (κ1) is 13.8. The van der Waals surface area contributed by atoms with Gasteiger partial charge in [0.1, 0.15) is 5.41 Å². The highest BCUT2D eigenvalue weighted by molar-refractivity contribution is 6.19. The van der Waals surface area contributed by atoms with Gasteiger partial charge >= 0.3 is 6.03 Å². The Morgan fingerprint density at radius 2 is 1.52 bits per heavy atom. The Morgan fingerprint density at radius 1 is 0.952 bits per heavy atom. The number of likely N-dealkylation sites (tertiary alicyclic amines) is 1. The Bertz CT molecular complexity index is 555. The quantitative estimate of drug-likeness (QED) is 0.782. The molecule has 2 aliphatic heterocycles. The fourth-order valence-electron chi connectivity index (χ4n) is 2.97. The zero-order valence-electron chi connectivity index (χ0n) is 11.6. The molecule has 0 bridgehead atoms. The first-order valence-electron chi connectivity index (χ1n) is 7.03. The van der Waals surface area contributed by atoms with Gasteiger partial charge in [-0.05, 0) is 18.4 Å². The summed E-state index contributed by atoms with van der Waals surface area (Å²) in [5, 5.41) is 4.41. The van der Waals surface area contributed by atoms with Crippen LogP contribution in [0.2, 0.25) is 0 Å². The number of urea groups is 1. The zero-order chi connectivity index (χ0) is 14.9. The SMILES string of the molecule is O=C1NC(=O)C2(CCN(Cc3ccccc3)CC2)C(=O)N1. The number of rotatable bonds is 2. The van der Waals surface area contributed by atoms with Gasteiger partial charge in [-0.1, -0.05) is 30.3 Å². The van der Waals surface area contributed by atoms with E-state index in [0.29, 0.717) is 25.9 Å². The molecule has 0 aromatic heterocycles. The highest BCUT2D eigenvalue weighted by Gasteiger charge is 2.51. The molecular formula is C15H17N3O3. The smallest absolute Gasteiger partial charge is 0.299 e. The van der Waals surface area contributed by atoms with E-state index in [9.17, 15) is 14.4 Å². The fraction of sp³-hybridized carbons (Fsp3) is 0.400. The molecule has 6 nitrogen and oxygen atoms in total. The van der Waals surface area contributed by atoms with Crippen molar-refractivity contribution in [3.8, 4) is 0 Å². The predicted molar refractivity (Wildman–Crippen MR) is 75.1 cm³/mol. The van der Waals surface area contributed by atoms with Crippen LogP contribution in [0.4, 0.5) is 4.79 Å². The molecule has 2 saturated heterocycles. The third-order valence-corrected chi connectivity index (χ3v) is 4.28. The van der Waals surface area contributed by atoms with E-state index >= 15 is 0 Å². The molecule has 110 valence electrons. The second kappa shape index (κ2) is 5.29. The van der Waals surface area contributed by atoms with Gasteiger partial charge < -0.3 is 0 Å². The van der Waals surface area contributed by atoms with Crippen LogP contribution in [0.1, 0.15) is 18.4 Å². The van der Waals surface area contributed by atoms with Gasteiger partial charge in [0.25, 0.3) is 0 Å². The van der Waals surface area contributed by atoms with E-state index in [-0.39, 0.29) is 0 Å². The molecule has 2 heterocycles. The number of barbiturate groups is 1. The van der Waals surface area contributed by atoms with Crippen LogP contribution >= 0.6 is 0 Å². The van der Waals surface area contributed by atoms with Crippen molar-refractivity contribution in [3.63, 3.8) is 0 Å². The largest absolute Gasteiger partial charge is 0.328 e. The number of benzene rings is 1. The normalized spacial score (nSPS) is 22.0. The van der Waals surface area contributed by atoms with Gasteiger partial charge in [0, 0.05) is 19.6 Å². The standard InChI is InChI=1S/C15H17N3O3/c19-12-15(13(20)17-14(21)16-12)6-8-18(9-7-15)10-11-4-2-1-3-5-11/h1-5H,6-10H2,(H2,16,17,19,20,21). The average Bonchev–Trinajstić information content (AvgIpc) is 2.47. The summed E-state index contributed by atoms with van der Waals surface area (Å²) in [4.78, 5) is 37.5. The van der Waals surface area contributed by atoms with Crippen molar-refractivity contribution in [1.82, 2.24) is 15.5 Å². The third kappa shape index (κ3) is 2.54. The van der Waals surface area contributed by atoms with Crippen molar-refractivity contribution < 1.29 is 14.4 Å². The van der Waals surface area contributed by atoms with E-state index in [0.717, 1.165) is 6.54 Å². The van der Waals surface area contributed by atoms with E-state index < -0.39 is 23.3 Å². The van der Waals surface area contributed by atoms with E-state index in [1.807, 2.05) is 18.2 Å². The Balaban J connectivity index is 1.66. The summed E-state index contributed by atoms with van der Waals surface area (Å²) in [6.45, 7) is 2.12. The summed E-state index contributed by atoms with van der Waals surface area (Å²) in [7, 11) is 0. The summed E-state index contributed by atoms with van der Waals surface area (Å²) in [5.74, 6) is -0.925. The molecule has 1 aromatic rings. The van der Waals surface area contributed by atoms with Crippen LogP contribution in [0.3, 0.4) is 0 Å². The Labute approximate surface area is 122 Å². The summed E-state index contributed by atoms with van der Waals surface area (Å²) in [5.41, 5.74) is 0.127. The molecule has 6 heteroatoms. The van der Waals surface area contributed by atoms with Gasteiger partial charge in [-0.3, -0.25) is 25.1 Å². The molecule has 3 rings (SSSR count). The average molecular weight is 287 g/mol. The van der Waals surface area contributed by atoms with Crippen LogP contribution in [-0.4, -0.2) is 35.8 Å². The molecule has 1 aromatic carbocycles. The lowest BCUT2D eigenvalue weighted by atomic mass is 9.75. The number of hydrogen-bond donors (Lipinski definition) is 2. The number of carbonyl (C=O) groups is 3. The number of imide groups is 2. The Morgan fingerprint density at radius 3 is 2.10 bits per heavy atom. The molecule has 2 aliphatic rings. The first-order chi connectivity index (χ1) is 10.1. The minimum Gasteiger partial charge on any atom is -0.299 e. The molecule has 21 heavy (non-hydrogen) atoms. The second-order valence-electron chi connectivity index (χ2n) is 5.58. The van der Waals surface area contributed by atoms with E-state index in [2.05, 4.69) is 27.7 Å². The molecule has 0 atom stereocenters. The lowest BCUT2D eigenvalue weighted by molar-refractivity contribution is -0.147. The molecule has 1 spiro atoms. The Kier molecular flexibility index (Phi) is 3.47. The van der Waals surface area contributed by atoms with Crippen LogP contribution < -0.4 is 10.6 Å². The predicted octanol–water partition coefficient (Wildman–Crippen LogP) is 0.635. The van der Waals surface area contributed by atoms with Crippen LogP contribution in [0, 0.1) is 5.41 Å². The van der Waals surface area contributed by atoms with Crippen molar-refractivity contribution >= 4 is 17.8 Å². The molecule has 0 radical (unpaired) electrons.